The lowest BCUT2D eigenvalue weighted by atomic mass is 9.96. The van der Waals surface area contributed by atoms with Crippen LogP contribution in [0.1, 0.15) is 39.0 Å². The van der Waals surface area contributed by atoms with E-state index in [2.05, 4.69) is 33.9 Å². The first-order chi connectivity index (χ1) is 10.2. The summed E-state index contributed by atoms with van der Waals surface area (Å²) in [5, 5.41) is 3.35. The van der Waals surface area contributed by atoms with Gasteiger partial charge in [0, 0.05) is 19.1 Å². The van der Waals surface area contributed by atoms with Crippen molar-refractivity contribution in [3.05, 3.63) is 0 Å². The van der Waals surface area contributed by atoms with E-state index in [0.717, 1.165) is 25.6 Å². The number of nitrogens with two attached hydrogens (primary N) is 1. The summed E-state index contributed by atoms with van der Waals surface area (Å²) >= 11 is 2.11. The summed E-state index contributed by atoms with van der Waals surface area (Å²) in [4.78, 5) is 7.14. The zero-order valence-electron chi connectivity index (χ0n) is 13.3. The SMILES string of the molecule is CCN1CCCC1CNC(N)=NCC1CC12CCSCC2. The minimum Gasteiger partial charge on any atom is -0.370 e. The Morgan fingerprint density at radius 1 is 1.43 bits per heavy atom. The first kappa shape index (κ1) is 15.5. The lowest BCUT2D eigenvalue weighted by Gasteiger charge is -2.23. The van der Waals surface area contributed by atoms with Gasteiger partial charge in [-0.15, -0.1) is 0 Å². The number of nitrogens with one attached hydrogen (secondary N) is 1. The minimum atomic E-state index is 0.645. The van der Waals surface area contributed by atoms with Gasteiger partial charge in [-0.1, -0.05) is 6.92 Å². The second-order valence-electron chi connectivity index (χ2n) is 6.91. The van der Waals surface area contributed by atoms with E-state index in [1.165, 1.54) is 50.2 Å². The van der Waals surface area contributed by atoms with Crippen molar-refractivity contribution in [1.29, 1.82) is 0 Å². The van der Waals surface area contributed by atoms with E-state index < -0.39 is 0 Å². The van der Waals surface area contributed by atoms with Gasteiger partial charge in [-0.05, 0) is 68.0 Å². The number of thioether (sulfide) groups is 1. The number of hydrogen-bond acceptors (Lipinski definition) is 3. The van der Waals surface area contributed by atoms with Gasteiger partial charge in [0.25, 0.3) is 0 Å². The monoisotopic (exact) mass is 310 g/mol. The fraction of sp³-hybridized carbons (Fsp3) is 0.938. The fourth-order valence-electron chi connectivity index (χ4n) is 4.11. The average Bonchev–Trinajstić information content (AvgIpc) is 2.97. The molecule has 0 bridgehead atoms. The van der Waals surface area contributed by atoms with Crippen molar-refractivity contribution < 1.29 is 0 Å². The van der Waals surface area contributed by atoms with E-state index in [1.54, 1.807) is 0 Å². The molecular weight excluding hydrogens is 280 g/mol. The molecule has 2 heterocycles. The highest BCUT2D eigenvalue weighted by atomic mass is 32.2. The number of rotatable bonds is 5. The molecule has 0 amide bonds. The summed E-state index contributed by atoms with van der Waals surface area (Å²) in [6, 6.07) is 0.645. The number of guanidine groups is 1. The molecule has 0 aromatic rings. The Morgan fingerprint density at radius 3 is 3.00 bits per heavy atom. The van der Waals surface area contributed by atoms with Crippen molar-refractivity contribution in [2.45, 2.75) is 45.1 Å². The largest absolute Gasteiger partial charge is 0.370 e. The maximum Gasteiger partial charge on any atom is 0.188 e. The standard InChI is InChI=1S/C16H30N4S/c1-2-20-7-3-4-14(20)12-19-15(17)18-11-13-10-16(13)5-8-21-9-6-16/h13-14H,2-12H2,1H3,(H3,17,18,19). The Hall–Kier alpha value is -0.420. The average molecular weight is 311 g/mol. The molecule has 3 aliphatic rings. The molecular formula is C16H30N4S. The minimum absolute atomic E-state index is 0.645. The second-order valence-corrected chi connectivity index (χ2v) is 8.13. The van der Waals surface area contributed by atoms with Crippen LogP contribution in [-0.4, -0.2) is 54.6 Å². The lowest BCUT2D eigenvalue weighted by Crippen LogP contribution is -2.42. The highest BCUT2D eigenvalue weighted by molar-refractivity contribution is 7.99. The predicted molar refractivity (Wildman–Crippen MR) is 91.9 cm³/mol. The highest BCUT2D eigenvalue weighted by Gasteiger charge is 2.53. The van der Waals surface area contributed by atoms with Gasteiger partial charge in [0.1, 0.15) is 0 Å². The van der Waals surface area contributed by atoms with Crippen molar-refractivity contribution in [2.75, 3.05) is 37.7 Å². The topological polar surface area (TPSA) is 53.6 Å². The van der Waals surface area contributed by atoms with Crippen LogP contribution in [0.2, 0.25) is 0 Å². The van der Waals surface area contributed by atoms with Gasteiger partial charge in [-0.3, -0.25) is 9.89 Å². The molecule has 2 unspecified atom stereocenters. The molecule has 3 N–H and O–H groups in total. The number of likely N-dealkylation sites (N-methyl/N-ethyl adjacent to an activating group) is 1. The van der Waals surface area contributed by atoms with Gasteiger partial charge in [0.2, 0.25) is 0 Å². The maximum absolute atomic E-state index is 6.05. The Labute approximate surface area is 133 Å². The molecule has 2 saturated heterocycles. The van der Waals surface area contributed by atoms with Gasteiger partial charge in [-0.2, -0.15) is 11.8 Å². The van der Waals surface area contributed by atoms with Crippen LogP contribution in [0.25, 0.3) is 0 Å². The third kappa shape index (κ3) is 3.67. The zero-order valence-corrected chi connectivity index (χ0v) is 14.1. The van der Waals surface area contributed by atoms with Crippen LogP contribution in [0.4, 0.5) is 0 Å². The predicted octanol–water partition coefficient (Wildman–Crippen LogP) is 1.91. The molecule has 3 rings (SSSR count). The molecule has 1 aliphatic carbocycles. The molecule has 3 fully saturated rings. The van der Waals surface area contributed by atoms with Crippen LogP contribution in [0.15, 0.2) is 4.99 Å². The molecule has 0 aromatic carbocycles. The van der Waals surface area contributed by atoms with E-state index in [1.807, 2.05) is 0 Å². The normalized spacial score (nSPS) is 32.5. The molecule has 21 heavy (non-hydrogen) atoms. The molecule has 120 valence electrons. The maximum atomic E-state index is 6.05. The molecule has 2 atom stereocenters. The Balaban J connectivity index is 1.38. The van der Waals surface area contributed by atoms with Gasteiger partial charge in [-0.25, -0.2) is 0 Å². The zero-order chi connectivity index (χ0) is 14.7. The lowest BCUT2D eigenvalue weighted by molar-refractivity contribution is 0.267. The van der Waals surface area contributed by atoms with Crippen molar-refractivity contribution >= 4 is 17.7 Å². The van der Waals surface area contributed by atoms with Gasteiger partial charge in [0.05, 0.1) is 0 Å². The van der Waals surface area contributed by atoms with Gasteiger partial charge < -0.3 is 11.1 Å². The molecule has 1 spiro atoms. The number of likely N-dealkylation sites (tertiary alicyclic amines) is 1. The summed E-state index contributed by atoms with van der Waals surface area (Å²) in [6.07, 6.45) is 6.80. The third-order valence-electron chi connectivity index (χ3n) is 5.75. The quantitative estimate of drug-likeness (QED) is 0.602. The number of nitrogens with zero attached hydrogens (tertiary/aromatic N) is 2. The Morgan fingerprint density at radius 2 is 2.24 bits per heavy atom. The van der Waals surface area contributed by atoms with Gasteiger partial charge in [0.15, 0.2) is 5.96 Å². The number of hydrogen-bond donors (Lipinski definition) is 2. The van der Waals surface area contributed by atoms with Crippen LogP contribution >= 0.6 is 11.8 Å². The Kier molecular flexibility index (Phi) is 4.99. The van der Waals surface area contributed by atoms with E-state index in [9.17, 15) is 0 Å². The molecule has 2 aliphatic heterocycles. The summed E-state index contributed by atoms with van der Waals surface area (Å²) in [7, 11) is 0. The van der Waals surface area contributed by atoms with E-state index in [4.69, 9.17) is 5.73 Å². The van der Waals surface area contributed by atoms with Crippen molar-refractivity contribution in [3.8, 4) is 0 Å². The van der Waals surface area contributed by atoms with E-state index in [-0.39, 0.29) is 0 Å². The first-order valence-electron chi connectivity index (χ1n) is 8.59. The molecule has 1 saturated carbocycles. The summed E-state index contributed by atoms with van der Waals surface area (Å²) in [5.41, 5.74) is 6.70. The molecule has 0 radical (unpaired) electrons. The summed E-state index contributed by atoms with van der Waals surface area (Å²) in [5.74, 6) is 4.16. The van der Waals surface area contributed by atoms with Crippen LogP contribution in [0.5, 0.6) is 0 Å². The van der Waals surface area contributed by atoms with Crippen LogP contribution in [0, 0.1) is 11.3 Å². The van der Waals surface area contributed by atoms with Crippen molar-refractivity contribution in [3.63, 3.8) is 0 Å². The molecule has 4 nitrogen and oxygen atoms in total. The van der Waals surface area contributed by atoms with Crippen LogP contribution < -0.4 is 11.1 Å². The van der Waals surface area contributed by atoms with E-state index in [0.29, 0.717) is 17.4 Å². The van der Waals surface area contributed by atoms with Crippen LogP contribution in [0.3, 0.4) is 0 Å². The second kappa shape index (κ2) is 6.78. The van der Waals surface area contributed by atoms with E-state index >= 15 is 0 Å². The smallest absolute Gasteiger partial charge is 0.188 e. The highest BCUT2D eigenvalue weighted by Crippen LogP contribution is 2.60. The molecule has 0 aromatic heterocycles. The van der Waals surface area contributed by atoms with Crippen molar-refractivity contribution in [2.24, 2.45) is 22.1 Å². The van der Waals surface area contributed by atoms with Crippen molar-refractivity contribution in [1.82, 2.24) is 10.2 Å². The number of aliphatic imine (C=N–C) groups is 1. The fourth-order valence-corrected chi connectivity index (χ4v) is 5.42. The van der Waals surface area contributed by atoms with Crippen LogP contribution in [-0.2, 0) is 0 Å². The molecule has 5 heteroatoms. The summed E-state index contributed by atoms with van der Waals surface area (Å²) < 4.78 is 0. The summed E-state index contributed by atoms with van der Waals surface area (Å²) in [6.45, 7) is 6.51. The van der Waals surface area contributed by atoms with Gasteiger partial charge >= 0.3 is 0 Å². The first-order valence-corrected chi connectivity index (χ1v) is 9.74. The third-order valence-corrected chi connectivity index (χ3v) is 6.74. The Bertz CT molecular complexity index is 378.